The molecule has 1 fully saturated rings. The number of hydrogen-bond acceptors (Lipinski definition) is 7. The van der Waals surface area contributed by atoms with E-state index < -0.39 is 17.8 Å². The van der Waals surface area contributed by atoms with Gasteiger partial charge in [-0.05, 0) is 49.2 Å². The smallest absolute Gasteiger partial charge is 0.448 e. The number of carboxylic acids is 1. The maximum absolute atomic E-state index is 15.1. The highest BCUT2D eigenvalue weighted by Crippen LogP contribution is 2.48. The lowest BCUT2D eigenvalue weighted by Gasteiger charge is -2.16. The van der Waals surface area contributed by atoms with Gasteiger partial charge in [-0.2, -0.15) is 8.78 Å². The Labute approximate surface area is 223 Å². The second-order valence-corrected chi connectivity index (χ2v) is 9.53. The molecule has 1 aliphatic heterocycles. The number of halogens is 4. The van der Waals surface area contributed by atoms with E-state index in [9.17, 15) is 9.90 Å². The fourth-order valence-corrected chi connectivity index (χ4v) is 4.68. The third-order valence-corrected chi connectivity index (χ3v) is 6.72. The zero-order valence-electron chi connectivity index (χ0n) is 19.2. The second-order valence-electron chi connectivity index (χ2n) is 8.72. The summed E-state index contributed by atoms with van der Waals surface area (Å²) in [5.41, 5.74) is 0.490. The number of benzene rings is 2. The first kappa shape index (κ1) is 24.4. The SMILES string of the molecule is O=C(O)c1ccc2c(c1)Oc1ccc(OCc3c(-c4c(Cl)cccc4Cl)noc3C3CC3)nc1C(F)(F)O2. The molecule has 0 spiro atoms. The van der Waals surface area contributed by atoms with Crippen molar-refractivity contribution < 1.29 is 37.4 Å². The van der Waals surface area contributed by atoms with Gasteiger partial charge in [0.25, 0.3) is 0 Å². The van der Waals surface area contributed by atoms with Crippen LogP contribution in [0.25, 0.3) is 11.3 Å². The van der Waals surface area contributed by atoms with Gasteiger partial charge in [0.05, 0.1) is 21.2 Å². The van der Waals surface area contributed by atoms with Crippen molar-refractivity contribution in [3.8, 4) is 34.4 Å². The van der Waals surface area contributed by atoms with E-state index in [1.54, 1.807) is 18.2 Å². The molecule has 6 rings (SSSR count). The summed E-state index contributed by atoms with van der Waals surface area (Å²) in [4.78, 5) is 15.2. The topological polar surface area (TPSA) is 104 Å². The van der Waals surface area contributed by atoms with Gasteiger partial charge in [0, 0.05) is 17.5 Å². The number of rotatable bonds is 6. The minimum absolute atomic E-state index is 0.104. The number of pyridine rings is 1. The zero-order valence-corrected chi connectivity index (χ0v) is 20.7. The number of carbonyl (C=O) groups is 1. The van der Waals surface area contributed by atoms with Gasteiger partial charge in [0.2, 0.25) is 5.88 Å². The Morgan fingerprint density at radius 1 is 1.08 bits per heavy atom. The summed E-state index contributed by atoms with van der Waals surface area (Å²) < 4.78 is 51.9. The Hall–Kier alpha value is -3.89. The van der Waals surface area contributed by atoms with E-state index in [-0.39, 0.29) is 41.2 Å². The van der Waals surface area contributed by atoms with Crippen molar-refractivity contribution in [1.82, 2.24) is 10.1 Å². The third-order valence-electron chi connectivity index (χ3n) is 6.09. The summed E-state index contributed by atoms with van der Waals surface area (Å²) in [7, 11) is 0. The van der Waals surface area contributed by atoms with Gasteiger partial charge >= 0.3 is 12.1 Å². The highest BCUT2D eigenvalue weighted by Gasteiger charge is 2.44. The van der Waals surface area contributed by atoms with Crippen molar-refractivity contribution in [3.05, 3.63) is 81.2 Å². The molecule has 0 bridgehead atoms. The normalized spacial score (nSPS) is 15.5. The molecule has 1 N–H and O–H groups in total. The lowest BCUT2D eigenvalue weighted by molar-refractivity contribution is -0.187. The van der Waals surface area contributed by atoms with Crippen molar-refractivity contribution in [1.29, 1.82) is 0 Å². The summed E-state index contributed by atoms with van der Waals surface area (Å²) in [5.74, 6) is -1.42. The number of nitrogens with zero attached hydrogens (tertiary/aromatic N) is 2. The number of alkyl halides is 2. The summed E-state index contributed by atoms with van der Waals surface area (Å²) in [6.45, 7) is -0.104. The monoisotopic (exact) mass is 560 g/mol. The number of ether oxygens (including phenoxy) is 3. The lowest BCUT2D eigenvalue weighted by Crippen LogP contribution is -2.23. The predicted molar refractivity (Wildman–Crippen MR) is 131 cm³/mol. The average Bonchev–Trinajstić information content (AvgIpc) is 3.65. The van der Waals surface area contributed by atoms with Crippen molar-refractivity contribution in [2.45, 2.75) is 31.5 Å². The fraction of sp³-hybridized carbons (Fsp3) is 0.192. The summed E-state index contributed by atoms with van der Waals surface area (Å²) in [6, 6.07) is 11.0. The average molecular weight is 561 g/mol. The van der Waals surface area contributed by atoms with E-state index >= 15 is 8.78 Å². The van der Waals surface area contributed by atoms with Crippen LogP contribution in [0.5, 0.6) is 23.1 Å². The van der Waals surface area contributed by atoms with Crippen LogP contribution in [-0.4, -0.2) is 21.2 Å². The molecule has 4 aromatic rings. The van der Waals surface area contributed by atoms with Crippen molar-refractivity contribution in [3.63, 3.8) is 0 Å². The predicted octanol–water partition coefficient (Wildman–Crippen LogP) is 7.43. The standard InChI is InChI=1S/C26H16Cl2F2N2O6/c27-15-2-1-3-16(28)21(15)22-14(23(38-32-22)12-4-5-12)11-35-20-9-8-18-24(31-20)26(29,30)37-17-7-6-13(25(33)34)10-19(17)36-18/h1-3,6-10,12H,4-5,11H2,(H,33,34). The minimum atomic E-state index is -3.89. The molecule has 38 heavy (non-hydrogen) atoms. The molecule has 1 aliphatic carbocycles. The first-order valence-corrected chi connectivity index (χ1v) is 12.2. The number of carboxylic acid groups (broad SMARTS) is 1. The highest BCUT2D eigenvalue weighted by atomic mass is 35.5. The van der Waals surface area contributed by atoms with Gasteiger partial charge in [0.1, 0.15) is 18.1 Å². The van der Waals surface area contributed by atoms with Gasteiger partial charge in [-0.15, -0.1) is 0 Å². The molecule has 0 saturated heterocycles. The van der Waals surface area contributed by atoms with Crippen LogP contribution in [0.3, 0.4) is 0 Å². The van der Waals surface area contributed by atoms with E-state index in [2.05, 4.69) is 10.1 Å². The quantitative estimate of drug-likeness (QED) is 0.259. The van der Waals surface area contributed by atoms with Crippen LogP contribution in [0.15, 0.2) is 53.1 Å². The van der Waals surface area contributed by atoms with Gasteiger partial charge in [-0.25, -0.2) is 9.78 Å². The van der Waals surface area contributed by atoms with Gasteiger partial charge in [-0.3, -0.25) is 0 Å². The summed E-state index contributed by atoms with van der Waals surface area (Å²) in [5, 5.41) is 14.1. The Kier molecular flexibility index (Phi) is 5.88. The van der Waals surface area contributed by atoms with Crippen LogP contribution in [0, 0.1) is 0 Å². The molecule has 194 valence electrons. The fourth-order valence-electron chi connectivity index (χ4n) is 4.10. The van der Waals surface area contributed by atoms with E-state index in [0.29, 0.717) is 32.6 Å². The largest absolute Gasteiger partial charge is 0.478 e. The summed E-state index contributed by atoms with van der Waals surface area (Å²) in [6.07, 6.45) is -2.06. The number of aromatic nitrogens is 2. The van der Waals surface area contributed by atoms with Gasteiger partial charge < -0.3 is 23.8 Å². The van der Waals surface area contributed by atoms with Crippen molar-refractivity contribution in [2.75, 3.05) is 0 Å². The molecule has 1 saturated carbocycles. The zero-order chi connectivity index (χ0) is 26.6. The first-order chi connectivity index (χ1) is 18.2. The third kappa shape index (κ3) is 4.39. The van der Waals surface area contributed by atoms with Crippen molar-refractivity contribution >= 4 is 29.2 Å². The molecule has 2 aromatic carbocycles. The number of fused-ring (bicyclic) bond motifs is 2. The Morgan fingerprint density at radius 2 is 1.82 bits per heavy atom. The Bertz CT molecular complexity index is 1570. The van der Waals surface area contributed by atoms with Crippen LogP contribution >= 0.6 is 23.2 Å². The van der Waals surface area contributed by atoms with Crippen molar-refractivity contribution in [2.24, 2.45) is 0 Å². The molecular weight excluding hydrogens is 545 g/mol. The second kappa shape index (κ2) is 9.14. The van der Waals surface area contributed by atoms with Crippen LogP contribution in [-0.2, 0) is 12.7 Å². The van der Waals surface area contributed by atoms with Gasteiger partial charge in [-0.1, -0.05) is 34.4 Å². The highest BCUT2D eigenvalue weighted by molar-refractivity contribution is 6.39. The number of hydrogen-bond donors (Lipinski definition) is 1. The summed E-state index contributed by atoms with van der Waals surface area (Å²) >= 11 is 12.8. The maximum atomic E-state index is 15.1. The number of aromatic carboxylic acids is 1. The van der Waals surface area contributed by atoms with Gasteiger partial charge in [0.15, 0.2) is 22.9 Å². The molecular formula is C26H16Cl2F2N2O6. The van der Waals surface area contributed by atoms with Crippen LogP contribution < -0.4 is 14.2 Å². The molecule has 2 aromatic heterocycles. The van der Waals surface area contributed by atoms with Crippen LogP contribution in [0.4, 0.5) is 8.78 Å². The first-order valence-electron chi connectivity index (χ1n) is 11.4. The molecule has 0 unspecified atom stereocenters. The van der Waals surface area contributed by atoms with E-state index in [1.165, 1.54) is 12.1 Å². The minimum Gasteiger partial charge on any atom is -0.478 e. The van der Waals surface area contributed by atoms with Crippen LogP contribution in [0.1, 0.15) is 46.1 Å². The maximum Gasteiger partial charge on any atom is 0.448 e. The molecule has 12 heteroatoms. The molecule has 0 amide bonds. The Morgan fingerprint density at radius 3 is 2.53 bits per heavy atom. The Balaban J connectivity index is 1.32. The van der Waals surface area contributed by atoms with E-state index in [1.807, 2.05) is 0 Å². The molecule has 8 nitrogen and oxygen atoms in total. The van der Waals surface area contributed by atoms with Crippen LogP contribution in [0.2, 0.25) is 10.0 Å². The van der Waals surface area contributed by atoms with E-state index in [0.717, 1.165) is 31.0 Å². The lowest BCUT2D eigenvalue weighted by atomic mass is 10.0. The molecule has 3 heterocycles. The molecule has 2 aliphatic rings. The molecule has 0 atom stereocenters. The van der Waals surface area contributed by atoms with E-state index in [4.69, 9.17) is 41.9 Å². The molecule has 0 radical (unpaired) electrons.